The third kappa shape index (κ3) is 8.38. The molecule has 5 rings (SSSR count). The number of anilines is 1. The highest BCUT2D eigenvalue weighted by atomic mass is 32.1. The van der Waals surface area contributed by atoms with Crippen molar-refractivity contribution in [3.8, 4) is 10.6 Å². The lowest BCUT2D eigenvalue weighted by molar-refractivity contribution is -0.143. The lowest BCUT2D eigenvalue weighted by Gasteiger charge is -2.33. The predicted molar refractivity (Wildman–Crippen MR) is 172 cm³/mol. The fourth-order valence-corrected chi connectivity index (χ4v) is 7.44. The van der Waals surface area contributed by atoms with E-state index in [9.17, 15) is 45.8 Å². The molecule has 50 heavy (non-hydrogen) atoms. The highest BCUT2D eigenvalue weighted by Crippen LogP contribution is 2.42. The molecular weight excluding hydrogens is 690 g/mol. The van der Waals surface area contributed by atoms with Crippen LogP contribution in [-0.2, 0) is 28.4 Å². The minimum Gasteiger partial charge on any atom is -0.481 e. The van der Waals surface area contributed by atoms with Gasteiger partial charge in [-0.25, -0.2) is 14.8 Å². The summed E-state index contributed by atoms with van der Waals surface area (Å²) in [5.74, 6) is -0.179. The molecule has 270 valence electrons. The molecular formula is C34H36F6N4O5S. The van der Waals surface area contributed by atoms with E-state index >= 15 is 0 Å². The van der Waals surface area contributed by atoms with Crippen molar-refractivity contribution >= 4 is 35.0 Å². The number of cyclic esters (lactones) is 1. The molecule has 1 saturated heterocycles. The number of alkyl halides is 6. The maximum atomic E-state index is 13.6. The second kappa shape index (κ2) is 14.6. The average molecular weight is 727 g/mol. The highest BCUT2D eigenvalue weighted by Gasteiger charge is 2.44. The van der Waals surface area contributed by atoms with Crippen molar-refractivity contribution in [1.29, 1.82) is 0 Å². The molecule has 3 heterocycles. The second-order valence-electron chi connectivity index (χ2n) is 12.8. The Hall–Kier alpha value is -4.21. The topological polar surface area (TPSA) is 113 Å². The van der Waals surface area contributed by atoms with Gasteiger partial charge in [0.25, 0.3) is 0 Å². The van der Waals surface area contributed by atoms with Crippen LogP contribution in [0.2, 0.25) is 0 Å². The van der Waals surface area contributed by atoms with E-state index in [1.165, 1.54) is 30.1 Å². The molecule has 16 heteroatoms. The van der Waals surface area contributed by atoms with Crippen LogP contribution < -0.4 is 4.90 Å². The van der Waals surface area contributed by atoms with Gasteiger partial charge in [-0.15, -0.1) is 11.3 Å². The molecule has 0 spiro atoms. The number of carbonyl (C=O) groups excluding carboxylic acids is 2. The zero-order chi connectivity index (χ0) is 36.5. The summed E-state index contributed by atoms with van der Waals surface area (Å²) in [5, 5.41) is 9.19. The molecule has 1 amide bonds. The Balaban J connectivity index is 1.47. The third-order valence-corrected chi connectivity index (χ3v) is 10.5. The second-order valence-corrected chi connectivity index (χ2v) is 13.9. The Morgan fingerprint density at radius 1 is 1.02 bits per heavy atom. The zero-order valence-corrected chi connectivity index (χ0v) is 28.3. The van der Waals surface area contributed by atoms with E-state index in [4.69, 9.17) is 14.7 Å². The van der Waals surface area contributed by atoms with Crippen LogP contribution in [0, 0.1) is 11.8 Å². The monoisotopic (exact) mass is 726 g/mol. The van der Waals surface area contributed by atoms with Gasteiger partial charge >= 0.3 is 24.4 Å². The van der Waals surface area contributed by atoms with Gasteiger partial charge in [-0.05, 0) is 94.2 Å². The fourth-order valence-electron chi connectivity index (χ4n) is 6.58. The van der Waals surface area contributed by atoms with Gasteiger partial charge in [-0.1, -0.05) is 0 Å². The van der Waals surface area contributed by atoms with E-state index in [1.807, 2.05) is 11.8 Å². The number of aliphatic carboxylic acids is 1. The van der Waals surface area contributed by atoms with Crippen LogP contribution in [0.3, 0.4) is 0 Å². The van der Waals surface area contributed by atoms with Gasteiger partial charge in [0.1, 0.15) is 11.8 Å². The first-order chi connectivity index (χ1) is 23.4. The molecule has 9 nitrogen and oxygen atoms in total. The van der Waals surface area contributed by atoms with E-state index in [1.54, 1.807) is 18.3 Å². The van der Waals surface area contributed by atoms with Crippen molar-refractivity contribution in [2.24, 2.45) is 11.8 Å². The Kier molecular flexibility index (Phi) is 10.8. The van der Waals surface area contributed by atoms with Gasteiger partial charge in [0.05, 0.1) is 45.4 Å². The summed E-state index contributed by atoms with van der Waals surface area (Å²) in [6.45, 7) is 5.68. The van der Waals surface area contributed by atoms with Gasteiger partial charge in [0.15, 0.2) is 11.6 Å². The zero-order valence-electron chi connectivity index (χ0n) is 27.5. The van der Waals surface area contributed by atoms with Crippen LogP contribution in [0.4, 0.5) is 37.0 Å². The summed E-state index contributed by atoms with van der Waals surface area (Å²) in [5.41, 5.74) is -2.73. The summed E-state index contributed by atoms with van der Waals surface area (Å²) in [4.78, 5) is 50.3. The third-order valence-electron chi connectivity index (χ3n) is 9.27. The summed E-state index contributed by atoms with van der Waals surface area (Å²) in [7, 11) is 0. The number of carbonyl (C=O) groups is 3. The summed E-state index contributed by atoms with van der Waals surface area (Å²) in [6, 6.07) is 3.54. The number of amides is 1. The quantitative estimate of drug-likeness (QED) is 0.154. The van der Waals surface area contributed by atoms with Crippen LogP contribution in [0.15, 0.2) is 36.5 Å². The van der Waals surface area contributed by atoms with Crippen molar-refractivity contribution in [2.45, 2.75) is 83.9 Å². The van der Waals surface area contributed by atoms with E-state index in [0.717, 1.165) is 25.7 Å². The van der Waals surface area contributed by atoms with Gasteiger partial charge < -0.3 is 14.7 Å². The maximum Gasteiger partial charge on any atom is 0.416 e. The van der Waals surface area contributed by atoms with Crippen molar-refractivity contribution in [3.63, 3.8) is 0 Å². The van der Waals surface area contributed by atoms with Gasteiger partial charge in [0, 0.05) is 19.5 Å². The molecule has 2 aromatic heterocycles. The minimum atomic E-state index is -5.07. The number of halogens is 6. The number of ketones is 1. The molecule has 1 N–H and O–H groups in total. The first kappa shape index (κ1) is 37.1. The molecule has 1 aliphatic heterocycles. The van der Waals surface area contributed by atoms with Crippen molar-refractivity contribution in [2.75, 3.05) is 18.0 Å². The molecule has 1 aromatic carbocycles. The van der Waals surface area contributed by atoms with Gasteiger partial charge in [-0.2, -0.15) is 26.3 Å². The number of rotatable bonds is 11. The number of ether oxygens (including phenoxy) is 1. The van der Waals surface area contributed by atoms with E-state index in [2.05, 4.69) is 0 Å². The van der Waals surface area contributed by atoms with Crippen LogP contribution in [0.25, 0.3) is 10.6 Å². The van der Waals surface area contributed by atoms with E-state index < -0.39 is 53.3 Å². The first-order valence-corrected chi connectivity index (χ1v) is 17.0. The number of aromatic nitrogens is 2. The summed E-state index contributed by atoms with van der Waals surface area (Å²) in [6.07, 6.45) is -7.69. The molecule has 1 saturated carbocycles. The molecule has 1 aliphatic carbocycles. The molecule has 0 radical (unpaired) electrons. The van der Waals surface area contributed by atoms with Crippen molar-refractivity contribution in [3.05, 3.63) is 63.8 Å². The smallest absolute Gasteiger partial charge is 0.416 e. The fraction of sp³-hybridized carbons (Fsp3) is 0.500. The SMILES string of the molecule is CCN(CC1CCC(CC(=O)O)CC1)c1ncc(-c2ccc(C(C)=O)s2)nc1CN1C(=O)OC(c2cc(C(F)(F)F)cc(C(F)(F)F)c2)C1C. The molecule has 2 atom stereocenters. The van der Waals surface area contributed by atoms with E-state index in [-0.39, 0.29) is 36.7 Å². The first-order valence-electron chi connectivity index (χ1n) is 16.1. The van der Waals surface area contributed by atoms with Crippen molar-refractivity contribution < 1.29 is 50.6 Å². The molecule has 2 fully saturated rings. The Bertz CT molecular complexity index is 1710. The number of Topliss-reactive ketones (excluding diaryl/α,β-unsaturated/α-hetero) is 1. The van der Waals surface area contributed by atoms with Gasteiger partial charge in [-0.3, -0.25) is 14.5 Å². The van der Waals surface area contributed by atoms with Crippen LogP contribution >= 0.6 is 11.3 Å². The Morgan fingerprint density at radius 2 is 1.64 bits per heavy atom. The summed E-state index contributed by atoms with van der Waals surface area (Å²) < 4.78 is 87.2. The lowest BCUT2D eigenvalue weighted by Crippen LogP contribution is -2.36. The normalized spacial score (nSPS) is 21.3. The largest absolute Gasteiger partial charge is 0.481 e. The number of benzene rings is 1. The molecule has 2 aliphatic rings. The Labute approximate surface area is 288 Å². The average Bonchev–Trinajstić information content (AvgIpc) is 3.65. The van der Waals surface area contributed by atoms with Crippen molar-refractivity contribution in [1.82, 2.24) is 14.9 Å². The van der Waals surface area contributed by atoms with Crippen LogP contribution in [-0.4, -0.2) is 57.0 Å². The summed E-state index contributed by atoms with van der Waals surface area (Å²) >= 11 is 1.21. The lowest BCUT2D eigenvalue weighted by atomic mass is 9.80. The number of carboxylic acids is 1. The minimum absolute atomic E-state index is 0.0239. The molecule has 3 aromatic rings. The number of hydrogen-bond donors (Lipinski definition) is 1. The standard InChI is InChI=1S/C34H36F6N4O5S/c1-4-43(16-21-7-5-20(6-8-21)11-29(46)47)31-26(42-25(15-41-31)28-10-9-27(50-28)19(3)45)17-44-18(2)30(49-32(44)48)22-12-23(33(35,36)37)14-24(13-22)34(38,39)40/h9-10,12-15,18,20-21,30H,4-8,11,16-17H2,1-3H3,(H,46,47). The van der Waals surface area contributed by atoms with E-state index in [0.29, 0.717) is 52.2 Å². The molecule has 0 bridgehead atoms. The van der Waals surface area contributed by atoms with Crippen LogP contribution in [0.5, 0.6) is 0 Å². The Morgan fingerprint density at radius 3 is 2.18 bits per heavy atom. The van der Waals surface area contributed by atoms with Gasteiger partial charge in [0.2, 0.25) is 0 Å². The number of thiophene rings is 1. The number of carboxylic acid groups (broad SMARTS) is 1. The number of hydrogen-bond acceptors (Lipinski definition) is 8. The number of nitrogens with zero attached hydrogens (tertiary/aromatic N) is 4. The van der Waals surface area contributed by atoms with Crippen LogP contribution in [0.1, 0.15) is 91.0 Å². The maximum absolute atomic E-state index is 13.6. The highest BCUT2D eigenvalue weighted by molar-refractivity contribution is 7.17. The predicted octanol–water partition coefficient (Wildman–Crippen LogP) is 8.63. The molecule has 2 unspecified atom stereocenters.